The molecular formula is C15H16N6O2. The number of ether oxygens (including phenoxy) is 1. The van der Waals surface area contributed by atoms with E-state index in [2.05, 4.69) is 26.2 Å². The third-order valence-electron chi connectivity index (χ3n) is 3.96. The molecule has 3 aromatic rings. The molecule has 0 unspecified atom stereocenters. The Morgan fingerprint density at radius 1 is 1.39 bits per heavy atom. The van der Waals surface area contributed by atoms with Crippen LogP contribution in [0.25, 0.3) is 5.65 Å². The first-order chi connectivity index (χ1) is 11.1. The smallest absolute Gasteiger partial charge is 0.360 e. The van der Waals surface area contributed by atoms with E-state index in [4.69, 9.17) is 5.73 Å². The van der Waals surface area contributed by atoms with Gasteiger partial charge in [-0.3, -0.25) is 0 Å². The van der Waals surface area contributed by atoms with E-state index in [0.29, 0.717) is 18.2 Å². The molecule has 0 saturated heterocycles. The number of nitrogens with two attached hydrogens (primary N) is 1. The molecule has 8 nitrogen and oxygen atoms in total. The van der Waals surface area contributed by atoms with E-state index < -0.39 is 5.97 Å². The van der Waals surface area contributed by atoms with Gasteiger partial charge < -0.3 is 14.9 Å². The van der Waals surface area contributed by atoms with Crippen molar-refractivity contribution < 1.29 is 9.53 Å². The Morgan fingerprint density at radius 3 is 2.96 bits per heavy atom. The normalized spacial score (nSPS) is 14.3. The van der Waals surface area contributed by atoms with Crippen molar-refractivity contribution in [3.63, 3.8) is 0 Å². The zero-order valence-electron chi connectivity index (χ0n) is 12.6. The topological polar surface area (TPSA) is 100 Å². The number of hydrogen-bond donors (Lipinski definition) is 1. The quantitative estimate of drug-likeness (QED) is 0.727. The molecule has 0 radical (unpaired) electrons. The first-order valence-electron chi connectivity index (χ1n) is 7.39. The van der Waals surface area contributed by atoms with Crippen LogP contribution in [0.2, 0.25) is 0 Å². The van der Waals surface area contributed by atoms with E-state index in [1.54, 1.807) is 4.68 Å². The molecule has 1 aliphatic rings. The Morgan fingerprint density at radius 2 is 2.22 bits per heavy atom. The van der Waals surface area contributed by atoms with Gasteiger partial charge in [-0.2, -0.15) is 0 Å². The zero-order chi connectivity index (χ0) is 16.0. The molecule has 0 atom stereocenters. The lowest BCUT2D eigenvalue weighted by molar-refractivity contribution is 0.0594. The second kappa shape index (κ2) is 5.08. The van der Waals surface area contributed by atoms with Gasteiger partial charge in [-0.05, 0) is 30.4 Å². The number of rotatable bonds is 4. The largest absolute Gasteiger partial charge is 0.464 e. The molecule has 0 aliphatic heterocycles. The average molecular weight is 312 g/mol. The molecule has 0 amide bonds. The van der Waals surface area contributed by atoms with E-state index in [1.807, 2.05) is 16.7 Å². The van der Waals surface area contributed by atoms with Crippen molar-refractivity contribution in [2.45, 2.75) is 25.3 Å². The van der Waals surface area contributed by atoms with Crippen LogP contribution in [0.4, 0.5) is 5.69 Å². The lowest BCUT2D eigenvalue weighted by Gasteiger charge is -2.02. The molecule has 1 aliphatic carbocycles. The first-order valence-corrected chi connectivity index (χ1v) is 7.39. The highest BCUT2D eigenvalue weighted by Gasteiger charge is 2.24. The van der Waals surface area contributed by atoms with Gasteiger partial charge in [-0.15, -0.1) is 5.10 Å². The number of methoxy groups -OCH3 is 1. The summed E-state index contributed by atoms with van der Waals surface area (Å²) in [6.45, 7) is 0.407. The van der Waals surface area contributed by atoms with Gasteiger partial charge in [-0.1, -0.05) is 5.21 Å². The first kappa shape index (κ1) is 13.7. The number of hydrogen-bond acceptors (Lipinski definition) is 6. The van der Waals surface area contributed by atoms with Gasteiger partial charge in [0.2, 0.25) is 0 Å². The van der Waals surface area contributed by atoms with Gasteiger partial charge in [0.05, 0.1) is 31.2 Å². The van der Waals surface area contributed by atoms with Crippen molar-refractivity contribution in [2.24, 2.45) is 0 Å². The van der Waals surface area contributed by atoms with Gasteiger partial charge in [0.15, 0.2) is 11.3 Å². The van der Waals surface area contributed by atoms with E-state index in [0.717, 1.165) is 11.3 Å². The lowest BCUT2D eigenvalue weighted by Crippen LogP contribution is -2.02. The standard InChI is InChI=1S/C15H16N6O2/c1-23-15(22)13-8-21(19-18-13)7-11-6-20-5-10(9-2-3-9)4-12(16)14(20)17-11/h4-6,8-9H,2-3,7,16H2,1H3. The summed E-state index contributed by atoms with van der Waals surface area (Å²) in [5.74, 6) is 0.120. The summed E-state index contributed by atoms with van der Waals surface area (Å²) < 4.78 is 8.12. The molecule has 4 rings (SSSR count). The zero-order valence-corrected chi connectivity index (χ0v) is 12.6. The van der Waals surface area contributed by atoms with Crippen LogP contribution >= 0.6 is 0 Å². The fourth-order valence-corrected chi connectivity index (χ4v) is 2.65. The highest BCUT2D eigenvalue weighted by atomic mass is 16.5. The molecule has 1 saturated carbocycles. The SMILES string of the molecule is COC(=O)c1cn(Cc2cn3cc(C4CC4)cc(N)c3n2)nn1. The Bertz CT molecular complexity index is 893. The third-order valence-corrected chi connectivity index (χ3v) is 3.96. The van der Waals surface area contributed by atoms with E-state index >= 15 is 0 Å². The molecule has 0 bridgehead atoms. The van der Waals surface area contributed by atoms with Crippen LogP contribution in [0.3, 0.4) is 0 Å². The van der Waals surface area contributed by atoms with Crippen LogP contribution < -0.4 is 5.73 Å². The van der Waals surface area contributed by atoms with Crippen LogP contribution in [0.15, 0.2) is 24.7 Å². The van der Waals surface area contributed by atoms with Crippen molar-refractivity contribution in [2.75, 3.05) is 12.8 Å². The molecule has 1 fully saturated rings. The summed E-state index contributed by atoms with van der Waals surface area (Å²) >= 11 is 0. The number of anilines is 1. The number of carbonyl (C=O) groups is 1. The maximum absolute atomic E-state index is 11.4. The summed E-state index contributed by atoms with van der Waals surface area (Å²) in [6, 6.07) is 2.01. The van der Waals surface area contributed by atoms with Crippen molar-refractivity contribution >= 4 is 17.3 Å². The molecule has 23 heavy (non-hydrogen) atoms. The van der Waals surface area contributed by atoms with Gasteiger partial charge in [0.25, 0.3) is 0 Å². The maximum atomic E-state index is 11.4. The maximum Gasteiger partial charge on any atom is 0.360 e. The summed E-state index contributed by atoms with van der Waals surface area (Å²) in [4.78, 5) is 15.9. The van der Waals surface area contributed by atoms with Crippen molar-refractivity contribution in [1.29, 1.82) is 0 Å². The highest BCUT2D eigenvalue weighted by molar-refractivity contribution is 5.86. The van der Waals surface area contributed by atoms with Gasteiger partial charge in [0, 0.05) is 12.4 Å². The monoisotopic (exact) mass is 312 g/mol. The van der Waals surface area contributed by atoms with Crippen LogP contribution in [0.5, 0.6) is 0 Å². The second-order valence-electron chi connectivity index (χ2n) is 5.76. The number of pyridine rings is 1. The minimum atomic E-state index is -0.510. The highest BCUT2D eigenvalue weighted by Crippen LogP contribution is 2.40. The Labute approximate surface area is 131 Å². The fourth-order valence-electron chi connectivity index (χ4n) is 2.65. The number of fused-ring (bicyclic) bond motifs is 1. The third kappa shape index (κ3) is 2.52. The van der Waals surface area contributed by atoms with Gasteiger partial charge in [0.1, 0.15) is 0 Å². The van der Waals surface area contributed by atoms with Crippen LogP contribution in [0.1, 0.15) is 40.5 Å². The van der Waals surface area contributed by atoms with E-state index in [9.17, 15) is 4.79 Å². The molecule has 8 heteroatoms. The van der Waals surface area contributed by atoms with Crippen LogP contribution in [0, 0.1) is 0 Å². The molecular weight excluding hydrogens is 296 g/mol. The summed E-state index contributed by atoms with van der Waals surface area (Å²) in [5, 5.41) is 7.69. The van der Waals surface area contributed by atoms with Crippen LogP contribution in [-0.2, 0) is 11.3 Å². The minimum absolute atomic E-state index is 0.173. The van der Waals surface area contributed by atoms with E-state index in [1.165, 1.54) is 31.7 Å². The summed E-state index contributed by atoms with van der Waals surface area (Å²) in [5.41, 5.74) is 9.75. The Kier molecular flexibility index (Phi) is 3.03. The summed E-state index contributed by atoms with van der Waals surface area (Å²) in [6.07, 6.45) is 8.00. The Balaban J connectivity index is 1.62. The molecule has 0 aromatic carbocycles. The summed E-state index contributed by atoms with van der Waals surface area (Å²) in [7, 11) is 1.31. The number of nitrogen functional groups attached to an aromatic ring is 1. The number of aromatic nitrogens is 5. The molecule has 2 N–H and O–H groups in total. The number of nitrogens with zero attached hydrogens (tertiary/aromatic N) is 5. The fraction of sp³-hybridized carbons (Fsp3) is 0.333. The van der Waals surface area contributed by atoms with Crippen molar-refractivity contribution in [1.82, 2.24) is 24.4 Å². The van der Waals surface area contributed by atoms with Crippen molar-refractivity contribution in [3.05, 3.63) is 41.6 Å². The van der Waals surface area contributed by atoms with Gasteiger partial charge >= 0.3 is 5.97 Å². The predicted octanol–water partition coefficient (Wildman–Crippen LogP) is 1.22. The molecule has 118 valence electrons. The average Bonchev–Trinajstić information content (AvgIpc) is 3.16. The second-order valence-corrected chi connectivity index (χ2v) is 5.76. The number of imidazole rings is 1. The van der Waals surface area contributed by atoms with Crippen LogP contribution in [-0.4, -0.2) is 37.5 Å². The number of esters is 1. The predicted molar refractivity (Wildman–Crippen MR) is 82.0 cm³/mol. The minimum Gasteiger partial charge on any atom is -0.464 e. The molecule has 0 spiro atoms. The molecule has 3 aromatic heterocycles. The lowest BCUT2D eigenvalue weighted by atomic mass is 10.2. The number of carbonyl (C=O) groups excluding carboxylic acids is 1. The van der Waals surface area contributed by atoms with Gasteiger partial charge in [-0.25, -0.2) is 14.5 Å². The van der Waals surface area contributed by atoms with Crippen molar-refractivity contribution in [3.8, 4) is 0 Å². The molecule has 3 heterocycles. The van der Waals surface area contributed by atoms with E-state index in [-0.39, 0.29) is 5.69 Å². The Hall–Kier alpha value is -2.90.